The maximum absolute atomic E-state index is 13.0. The molecule has 1 unspecified atom stereocenters. The van der Waals surface area contributed by atoms with Crippen LogP contribution >= 0.6 is 0 Å². The van der Waals surface area contributed by atoms with E-state index in [1.807, 2.05) is 36.4 Å². The van der Waals surface area contributed by atoms with Crippen molar-refractivity contribution in [2.24, 2.45) is 16.4 Å². The minimum Gasteiger partial charge on any atom is -0.463 e. The van der Waals surface area contributed by atoms with Gasteiger partial charge in [0.1, 0.15) is 5.69 Å². The number of hydrogen-bond acceptors (Lipinski definition) is 4. The van der Waals surface area contributed by atoms with Crippen molar-refractivity contribution in [3.63, 3.8) is 0 Å². The van der Waals surface area contributed by atoms with E-state index in [0.29, 0.717) is 22.9 Å². The third kappa shape index (κ3) is 3.84. The highest BCUT2D eigenvalue weighted by Gasteiger charge is 2.29. The molecule has 0 aliphatic heterocycles. The van der Waals surface area contributed by atoms with Crippen LogP contribution in [0.5, 0.6) is 0 Å². The number of carbonyl (C=O) groups is 1. The monoisotopic (exact) mass is 375 g/mol. The average Bonchev–Trinajstić information content (AvgIpc) is 3.18. The summed E-state index contributed by atoms with van der Waals surface area (Å²) in [5.74, 6) is 0.982. The largest absolute Gasteiger partial charge is 0.463 e. The predicted molar refractivity (Wildman–Crippen MR) is 111 cm³/mol. The van der Waals surface area contributed by atoms with Crippen LogP contribution in [0.1, 0.15) is 50.4 Å². The number of para-hydroxylation sites is 1. The van der Waals surface area contributed by atoms with E-state index < -0.39 is 0 Å². The second kappa shape index (κ2) is 7.23. The molecule has 5 nitrogen and oxygen atoms in total. The molecule has 2 heterocycles. The summed E-state index contributed by atoms with van der Waals surface area (Å²) < 4.78 is 5.47. The Morgan fingerprint density at radius 1 is 1.25 bits per heavy atom. The quantitative estimate of drug-likeness (QED) is 0.621. The summed E-state index contributed by atoms with van der Waals surface area (Å²) in [4.78, 5) is 17.6. The third-order valence-electron chi connectivity index (χ3n) is 5.22. The summed E-state index contributed by atoms with van der Waals surface area (Å²) in [6, 6.07) is 13.0. The molecule has 4 rings (SSSR count). The number of furan rings is 1. The topological polar surface area (TPSA) is 67.5 Å². The Kier molecular flexibility index (Phi) is 4.75. The van der Waals surface area contributed by atoms with E-state index in [1.54, 1.807) is 12.3 Å². The van der Waals surface area contributed by atoms with Crippen molar-refractivity contribution in [1.29, 1.82) is 0 Å². The van der Waals surface area contributed by atoms with Gasteiger partial charge < -0.3 is 4.42 Å². The number of amides is 1. The molecule has 144 valence electrons. The van der Waals surface area contributed by atoms with E-state index in [-0.39, 0.29) is 11.3 Å². The molecule has 1 aromatic carbocycles. The van der Waals surface area contributed by atoms with E-state index in [4.69, 9.17) is 4.42 Å². The molecule has 0 radical (unpaired) electrons. The molecule has 0 spiro atoms. The van der Waals surface area contributed by atoms with Gasteiger partial charge in [-0.3, -0.25) is 4.79 Å². The van der Waals surface area contributed by atoms with Crippen molar-refractivity contribution in [3.8, 4) is 11.5 Å². The first-order valence-corrected chi connectivity index (χ1v) is 9.71. The Morgan fingerprint density at radius 3 is 2.82 bits per heavy atom. The molecule has 1 saturated carbocycles. The molecule has 0 saturated heterocycles. The first-order valence-electron chi connectivity index (χ1n) is 9.71. The van der Waals surface area contributed by atoms with E-state index in [2.05, 4.69) is 36.3 Å². The maximum Gasteiger partial charge on any atom is 0.272 e. The van der Waals surface area contributed by atoms with Crippen LogP contribution in [0.4, 0.5) is 0 Å². The minimum absolute atomic E-state index is 0.219. The molecule has 1 amide bonds. The summed E-state index contributed by atoms with van der Waals surface area (Å²) in [5, 5.41) is 5.28. The molecular weight excluding hydrogens is 350 g/mol. The molecule has 5 heteroatoms. The summed E-state index contributed by atoms with van der Waals surface area (Å²) in [7, 11) is 0. The van der Waals surface area contributed by atoms with Crippen molar-refractivity contribution >= 4 is 22.5 Å². The lowest BCUT2D eigenvalue weighted by Crippen LogP contribution is -2.30. The number of hydrazone groups is 1. The molecule has 1 aliphatic carbocycles. The van der Waals surface area contributed by atoms with Gasteiger partial charge in [-0.2, -0.15) is 5.10 Å². The fourth-order valence-electron chi connectivity index (χ4n) is 4.30. The zero-order valence-electron chi connectivity index (χ0n) is 16.5. The molecule has 1 fully saturated rings. The number of rotatable bonds is 3. The zero-order chi connectivity index (χ0) is 19.7. The predicted octanol–water partition coefficient (Wildman–Crippen LogP) is 5.43. The minimum atomic E-state index is -0.227. The van der Waals surface area contributed by atoms with Gasteiger partial charge in [0.05, 0.1) is 17.3 Å². The van der Waals surface area contributed by atoms with Crippen LogP contribution in [0, 0.1) is 11.3 Å². The Morgan fingerprint density at radius 2 is 2.07 bits per heavy atom. The van der Waals surface area contributed by atoms with Crippen LogP contribution in [-0.4, -0.2) is 16.6 Å². The highest BCUT2D eigenvalue weighted by molar-refractivity contribution is 6.07. The molecule has 1 aliphatic rings. The highest BCUT2D eigenvalue weighted by Crippen LogP contribution is 2.37. The normalized spacial score (nSPS) is 20.4. The van der Waals surface area contributed by atoms with Crippen LogP contribution in [0.25, 0.3) is 22.4 Å². The maximum atomic E-state index is 13.0. The number of carbonyl (C=O) groups excluding carboxylic acids is 1. The van der Waals surface area contributed by atoms with Crippen molar-refractivity contribution in [2.45, 2.75) is 40.0 Å². The van der Waals surface area contributed by atoms with Gasteiger partial charge in [0.25, 0.3) is 5.91 Å². The van der Waals surface area contributed by atoms with Crippen LogP contribution < -0.4 is 5.43 Å². The fourth-order valence-corrected chi connectivity index (χ4v) is 4.30. The Bertz CT molecular complexity index is 1040. The van der Waals surface area contributed by atoms with Gasteiger partial charge in [0.15, 0.2) is 5.76 Å². The van der Waals surface area contributed by atoms with Crippen LogP contribution in [0.3, 0.4) is 0 Å². The first-order chi connectivity index (χ1) is 13.4. The third-order valence-corrected chi connectivity index (χ3v) is 5.22. The second-order valence-electron chi connectivity index (χ2n) is 8.52. The molecular formula is C23H25N3O2. The lowest BCUT2D eigenvalue weighted by Gasteiger charge is -2.34. The number of nitrogens with one attached hydrogen (secondary N) is 1. The van der Waals surface area contributed by atoms with Crippen molar-refractivity contribution in [2.75, 3.05) is 0 Å². The van der Waals surface area contributed by atoms with Crippen molar-refractivity contribution in [1.82, 2.24) is 10.4 Å². The SMILES string of the molecule is CC1C/C(=N\NC(=O)c2cc(-c3ccco3)nc3ccccc23)CC(C)(C)C1. The molecule has 1 atom stereocenters. The molecule has 1 N–H and O–H groups in total. The highest BCUT2D eigenvalue weighted by atomic mass is 16.3. The second-order valence-corrected chi connectivity index (χ2v) is 8.52. The van der Waals surface area contributed by atoms with E-state index in [0.717, 1.165) is 29.5 Å². The molecule has 3 aromatic rings. The van der Waals surface area contributed by atoms with Gasteiger partial charge in [-0.1, -0.05) is 39.0 Å². The van der Waals surface area contributed by atoms with E-state index in [1.165, 1.54) is 6.42 Å². The van der Waals surface area contributed by atoms with Crippen LogP contribution in [0.2, 0.25) is 0 Å². The average molecular weight is 375 g/mol. The zero-order valence-corrected chi connectivity index (χ0v) is 16.5. The van der Waals surface area contributed by atoms with Gasteiger partial charge in [-0.15, -0.1) is 0 Å². The van der Waals surface area contributed by atoms with Crippen molar-refractivity contribution < 1.29 is 9.21 Å². The van der Waals surface area contributed by atoms with Crippen molar-refractivity contribution in [3.05, 3.63) is 54.3 Å². The number of aromatic nitrogens is 1. The molecule has 28 heavy (non-hydrogen) atoms. The van der Waals surface area contributed by atoms with Gasteiger partial charge in [-0.25, -0.2) is 10.4 Å². The number of fused-ring (bicyclic) bond motifs is 1. The number of hydrogen-bond donors (Lipinski definition) is 1. The van der Waals surface area contributed by atoms with Gasteiger partial charge >= 0.3 is 0 Å². The van der Waals surface area contributed by atoms with Gasteiger partial charge in [0.2, 0.25) is 0 Å². The fraction of sp³-hybridized carbons (Fsp3) is 0.348. The number of pyridine rings is 1. The summed E-state index contributed by atoms with van der Waals surface area (Å²) >= 11 is 0. The lowest BCUT2D eigenvalue weighted by atomic mass is 9.72. The molecule has 2 aromatic heterocycles. The van der Waals surface area contributed by atoms with E-state index in [9.17, 15) is 4.79 Å². The Labute approximate surface area is 164 Å². The Balaban J connectivity index is 1.66. The van der Waals surface area contributed by atoms with Gasteiger partial charge in [-0.05, 0) is 54.9 Å². The smallest absolute Gasteiger partial charge is 0.272 e. The first kappa shape index (κ1) is 18.4. The number of nitrogens with zero attached hydrogens (tertiary/aromatic N) is 2. The van der Waals surface area contributed by atoms with Gasteiger partial charge in [0, 0.05) is 11.1 Å². The van der Waals surface area contributed by atoms with E-state index >= 15 is 0 Å². The Hall–Kier alpha value is -2.95. The van der Waals surface area contributed by atoms with Crippen LogP contribution in [0.15, 0.2) is 58.2 Å². The summed E-state index contributed by atoms with van der Waals surface area (Å²) in [5.41, 5.74) is 5.99. The molecule has 0 bridgehead atoms. The summed E-state index contributed by atoms with van der Waals surface area (Å²) in [6.07, 6.45) is 4.62. The lowest BCUT2D eigenvalue weighted by molar-refractivity contribution is 0.0955. The summed E-state index contributed by atoms with van der Waals surface area (Å²) in [6.45, 7) is 6.75. The van der Waals surface area contributed by atoms with Crippen LogP contribution in [-0.2, 0) is 0 Å². The number of benzene rings is 1. The standard InChI is InChI=1S/C23H25N3O2/c1-15-11-16(14-23(2,3)13-15)25-26-22(27)18-12-20(21-9-6-10-28-21)24-19-8-5-4-7-17(18)19/h4-10,12,15H,11,13-14H2,1-3H3,(H,26,27)/b25-16+.